The highest BCUT2D eigenvalue weighted by Gasteiger charge is 2.43. The summed E-state index contributed by atoms with van der Waals surface area (Å²) in [4.78, 5) is 18.0. The van der Waals surface area contributed by atoms with Crippen molar-refractivity contribution in [2.75, 3.05) is 12.0 Å². The van der Waals surface area contributed by atoms with E-state index in [4.69, 9.17) is 28.6 Å². The summed E-state index contributed by atoms with van der Waals surface area (Å²) in [5.74, 6) is 0.413. The summed E-state index contributed by atoms with van der Waals surface area (Å²) < 4.78 is 7.06. The van der Waals surface area contributed by atoms with Crippen LogP contribution in [0.25, 0.3) is 5.69 Å². The number of benzene rings is 2. The van der Waals surface area contributed by atoms with Crippen molar-refractivity contribution in [3.8, 4) is 17.2 Å². The van der Waals surface area contributed by atoms with E-state index in [-0.39, 0.29) is 17.5 Å². The summed E-state index contributed by atoms with van der Waals surface area (Å²) in [7, 11) is 1.47. The van der Waals surface area contributed by atoms with Crippen LogP contribution in [-0.2, 0) is 0 Å². The number of phenols is 1. The quantitative estimate of drug-likeness (QED) is 0.173. The Morgan fingerprint density at radius 1 is 1.13 bits per heavy atom. The number of aryl methyl sites for hydroxylation is 1. The lowest BCUT2D eigenvalue weighted by Gasteiger charge is -2.28. The lowest BCUT2D eigenvalue weighted by atomic mass is 9.96. The minimum Gasteiger partial charge on any atom is -0.506 e. The smallest absolute Gasteiger partial charge is 0.296 e. The molecule has 11 heteroatoms. The molecule has 2 aromatic carbocycles. The zero-order valence-corrected chi connectivity index (χ0v) is 22.3. The largest absolute Gasteiger partial charge is 0.506 e. The van der Waals surface area contributed by atoms with E-state index in [1.165, 1.54) is 19.2 Å². The van der Waals surface area contributed by atoms with Gasteiger partial charge in [-0.3, -0.25) is 15.1 Å². The molecule has 2 N–H and O–H groups in total. The molecule has 1 saturated heterocycles. The zero-order chi connectivity index (χ0) is 27.1. The van der Waals surface area contributed by atoms with E-state index in [2.05, 4.69) is 10.3 Å². The van der Waals surface area contributed by atoms with E-state index in [1.807, 2.05) is 47.6 Å². The molecule has 38 heavy (non-hydrogen) atoms. The van der Waals surface area contributed by atoms with Gasteiger partial charge in [0.1, 0.15) is 17.2 Å². The first-order chi connectivity index (χ1) is 18.2. The van der Waals surface area contributed by atoms with Gasteiger partial charge >= 0.3 is 0 Å². The highest BCUT2D eigenvalue weighted by atomic mass is 35.5. The molecule has 9 nitrogen and oxygen atoms in total. The minimum absolute atomic E-state index is 0.0184. The number of pyridine rings is 1. The van der Waals surface area contributed by atoms with Crippen LogP contribution in [0.15, 0.2) is 66.9 Å². The summed E-state index contributed by atoms with van der Waals surface area (Å²) in [5, 5.41) is 27.0. The lowest BCUT2D eigenvalue weighted by molar-refractivity contribution is -0.384. The van der Waals surface area contributed by atoms with E-state index >= 15 is 0 Å². The van der Waals surface area contributed by atoms with Gasteiger partial charge in [0.25, 0.3) is 5.69 Å². The Bertz CT molecular complexity index is 1560. The maximum Gasteiger partial charge on any atom is 0.296 e. The predicted molar refractivity (Wildman–Crippen MR) is 149 cm³/mol. The fourth-order valence-electron chi connectivity index (χ4n) is 5.04. The Labute approximate surface area is 229 Å². The second-order valence-corrected chi connectivity index (χ2v) is 9.73. The van der Waals surface area contributed by atoms with Crippen molar-refractivity contribution in [3.05, 3.63) is 105 Å². The predicted octanol–water partition coefficient (Wildman–Crippen LogP) is 5.94. The number of aromatic hydroxyl groups is 1. The van der Waals surface area contributed by atoms with Crippen molar-refractivity contribution in [2.24, 2.45) is 0 Å². The van der Waals surface area contributed by atoms with Gasteiger partial charge in [-0.05, 0) is 80.2 Å². The molecule has 0 saturated carbocycles. The average Bonchev–Trinajstić information content (AvgIpc) is 3.40. The van der Waals surface area contributed by atoms with E-state index in [0.29, 0.717) is 27.3 Å². The third-order valence-corrected chi connectivity index (χ3v) is 7.25. The molecule has 1 fully saturated rings. The number of hydrogen-bond donors (Lipinski definition) is 2. The fraction of sp³-hybridized carbons (Fsp3) is 0.185. The summed E-state index contributed by atoms with van der Waals surface area (Å²) in [6.45, 7) is 3.80. The summed E-state index contributed by atoms with van der Waals surface area (Å²) in [6, 6.07) is 16.4. The lowest BCUT2D eigenvalue weighted by Crippen LogP contribution is -2.29. The SMILES string of the molecule is COc1ccc(-n2c(C)cc([C@@H]3[C@H](c4ccccn4)NC(=S)N3c3cc(Cl)ccc3O)c2C)c([N+](=O)[O-])c1. The number of hydrogen-bond acceptors (Lipinski definition) is 6. The number of rotatable bonds is 6. The van der Waals surface area contributed by atoms with Crippen molar-refractivity contribution >= 4 is 40.3 Å². The van der Waals surface area contributed by atoms with Crippen molar-refractivity contribution in [3.63, 3.8) is 0 Å². The number of nitro benzene ring substituents is 1. The van der Waals surface area contributed by atoms with Crippen LogP contribution in [0.2, 0.25) is 5.02 Å². The van der Waals surface area contributed by atoms with E-state index < -0.39 is 11.0 Å². The first-order valence-corrected chi connectivity index (χ1v) is 12.5. The van der Waals surface area contributed by atoms with E-state index in [1.54, 1.807) is 30.5 Å². The van der Waals surface area contributed by atoms with E-state index in [0.717, 1.165) is 22.6 Å². The minimum atomic E-state index is -0.445. The monoisotopic (exact) mass is 549 g/mol. The van der Waals surface area contributed by atoms with Crippen LogP contribution in [0.5, 0.6) is 11.5 Å². The highest BCUT2D eigenvalue weighted by Crippen LogP contribution is 2.47. The van der Waals surface area contributed by atoms with Crippen molar-refractivity contribution in [1.82, 2.24) is 14.9 Å². The fourth-order valence-corrected chi connectivity index (χ4v) is 5.55. The second kappa shape index (κ2) is 9.96. The number of nitrogens with zero attached hydrogens (tertiary/aromatic N) is 4. The molecular formula is C27H24ClN5O4S. The van der Waals surface area contributed by atoms with Gasteiger partial charge in [-0.15, -0.1) is 0 Å². The number of halogens is 1. The third kappa shape index (κ3) is 4.31. The van der Waals surface area contributed by atoms with Gasteiger partial charge in [0, 0.05) is 22.6 Å². The summed E-state index contributed by atoms with van der Waals surface area (Å²) in [6.07, 6.45) is 1.71. The number of ether oxygens (including phenoxy) is 1. The Kier molecular flexibility index (Phi) is 6.68. The van der Waals surface area contributed by atoms with E-state index in [9.17, 15) is 15.2 Å². The number of methoxy groups -OCH3 is 1. The van der Waals surface area contributed by atoms with Crippen LogP contribution >= 0.6 is 23.8 Å². The van der Waals surface area contributed by atoms with Gasteiger partial charge < -0.3 is 24.6 Å². The maximum atomic E-state index is 12.0. The normalized spacial score (nSPS) is 16.9. The Balaban J connectivity index is 1.73. The number of nitrogens with one attached hydrogen (secondary N) is 1. The van der Waals surface area contributed by atoms with Crippen LogP contribution in [0.1, 0.15) is 34.7 Å². The average molecular weight is 550 g/mol. The van der Waals surface area contributed by atoms with Crippen LogP contribution < -0.4 is 15.0 Å². The molecule has 0 radical (unpaired) electrons. The van der Waals surface area contributed by atoms with Crippen LogP contribution in [0.4, 0.5) is 11.4 Å². The maximum absolute atomic E-state index is 12.0. The van der Waals surface area contributed by atoms with Crippen LogP contribution in [0, 0.1) is 24.0 Å². The van der Waals surface area contributed by atoms with Gasteiger partial charge in [-0.25, -0.2) is 0 Å². The van der Waals surface area contributed by atoms with Crippen molar-refractivity contribution in [2.45, 2.75) is 25.9 Å². The summed E-state index contributed by atoms with van der Waals surface area (Å²) >= 11 is 12.1. The Hall–Kier alpha value is -4.15. The number of thiocarbonyl (C=S) groups is 1. The molecular weight excluding hydrogens is 526 g/mol. The molecule has 5 rings (SSSR count). The molecule has 1 aliphatic rings. The molecule has 194 valence electrons. The highest BCUT2D eigenvalue weighted by molar-refractivity contribution is 7.80. The second-order valence-electron chi connectivity index (χ2n) is 8.90. The molecule has 2 atom stereocenters. The van der Waals surface area contributed by atoms with Gasteiger partial charge in [0.2, 0.25) is 0 Å². The van der Waals surface area contributed by atoms with Gasteiger partial charge in [0.05, 0.1) is 41.6 Å². The Morgan fingerprint density at radius 2 is 1.92 bits per heavy atom. The molecule has 0 amide bonds. The third-order valence-electron chi connectivity index (χ3n) is 6.70. The molecule has 2 aromatic heterocycles. The van der Waals surface area contributed by atoms with Crippen LogP contribution in [-0.4, -0.2) is 31.8 Å². The number of anilines is 1. The topological polar surface area (TPSA) is 106 Å². The van der Waals surface area contributed by atoms with Crippen molar-refractivity contribution in [1.29, 1.82) is 0 Å². The number of aromatic nitrogens is 2. The van der Waals surface area contributed by atoms with Crippen LogP contribution in [0.3, 0.4) is 0 Å². The van der Waals surface area contributed by atoms with Gasteiger partial charge in [0.15, 0.2) is 5.11 Å². The number of phenolic OH excluding ortho intramolecular Hbond substituents is 1. The zero-order valence-electron chi connectivity index (χ0n) is 20.8. The molecule has 0 aliphatic carbocycles. The first-order valence-electron chi connectivity index (χ1n) is 11.7. The molecule has 1 aliphatic heterocycles. The molecule has 4 aromatic rings. The summed E-state index contributed by atoms with van der Waals surface area (Å²) in [5.41, 5.74) is 3.96. The molecule has 0 unspecified atom stereocenters. The Morgan fingerprint density at radius 3 is 2.61 bits per heavy atom. The molecule has 0 bridgehead atoms. The van der Waals surface area contributed by atoms with Gasteiger partial charge in [-0.1, -0.05) is 17.7 Å². The first kappa shape index (κ1) is 25.5. The van der Waals surface area contributed by atoms with Gasteiger partial charge in [-0.2, -0.15) is 0 Å². The molecule has 3 heterocycles. The number of nitro groups is 1. The standard InChI is InChI=1S/C27H24ClN5O4S/c1-15-12-19(16(2)31(15)21-9-8-18(37-3)14-22(21)33(35)36)26-25(20-6-4-5-11-29-20)30-27(38)32(26)23-13-17(28)7-10-24(23)34/h4-14,25-26,34H,1-3H3,(H,30,38)/t25-,26+/m0/s1. The molecule has 0 spiro atoms. The van der Waals surface area contributed by atoms with Crippen molar-refractivity contribution < 1.29 is 14.8 Å².